The molecule has 0 bridgehead atoms. The molecule has 0 fully saturated rings. The standard InChI is InChI=1S/C18H19NO3/c1-2-18(21)22-13-17(20)19-16-11-7-6-10-15(16)12-14-8-4-3-5-9-14/h3-11H,2,12-13H2,1H3,(H,19,20). The van der Waals surface area contributed by atoms with Crippen LogP contribution in [0.15, 0.2) is 54.6 Å². The number of hydrogen-bond acceptors (Lipinski definition) is 3. The van der Waals surface area contributed by atoms with Gasteiger partial charge in [-0.05, 0) is 23.6 Å². The highest BCUT2D eigenvalue weighted by atomic mass is 16.5. The van der Waals surface area contributed by atoms with Gasteiger partial charge in [0.05, 0.1) is 0 Å². The number of benzene rings is 2. The highest BCUT2D eigenvalue weighted by Crippen LogP contribution is 2.19. The molecule has 0 saturated heterocycles. The predicted molar refractivity (Wildman–Crippen MR) is 85.6 cm³/mol. The zero-order chi connectivity index (χ0) is 15.8. The Morgan fingerprint density at radius 1 is 1.00 bits per heavy atom. The lowest BCUT2D eigenvalue weighted by molar-refractivity contribution is -0.146. The minimum atomic E-state index is -0.382. The lowest BCUT2D eigenvalue weighted by Crippen LogP contribution is -2.21. The first kappa shape index (κ1) is 15.8. The van der Waals surface area contributed by atoms with Crippen LogP contribution >= 0.6 is 0 Å². The fourth-order valence-corrected chi connectivity index (χ4v) is 2.05. The first-order valence-corrected chi connectivity index (χ1v) is 7.26. The number of anilines is 1. The molecule has 0 heterocycles. The van der Waals surface area contributed by atoms with Crippen LogP contribution in [-0.4, -0.2) is 18.5 Å². The SMILES string of the molecule is CCC(=O)OCC(=O)Nc1ccccc1Cc1ccccc1. The van der Waals surface area contributed by atoms with Crippen molar-refractivity contribution in [1.29, 1.82) is 0 Å². The second-order valence-electron chi connectivity index (χ2n) is 4.88. The third kappa shape index (κ3) is 4.74. The molecule has 0 aromatic heterocycles. The maximum atomic E-state index is 11.8. The monoisotopic (exact) mass is 297 g/mol. The molecule has 0 unspecified atom stereocenters. The summed E-state index contributed by atoms with van der Waals surface area (Å²) >= 11 is 0. The zero-order valence-corrected chi connectivity index (χ0v) is 12.5. The average molecular weight is 297 g/mol. The van der Waals surface area contributed by atoms with Crippen LogP contribution in [0.25, 0.3) is 0 Å². The molecule has 2 aromatic rings. The van der Waals surface area contributed by atoms with Gasteiger partial charge in [-0.2, -0.15) is 0 Å². The molecule has 2 rings (SSSR count). The molecule has 1 N–H and O–H groups in total. The van der Waals surface area contributed by atoms with Crippen molar-refractivity contribution in [3.8, 4) is 0 Å². The molecule has 4 nitrogen and oxygen atoms in total. The lowest BCUT2D eigenvalue weighted by Gasteiger charge is -2.11. The zero-order valence-electron chi connectivity index (χ0n) is 12.5. The van der Waals surface area contributed by atoms with Gasteiger partial charge in [-0.1, -0.05) is 55.5 Å². The number of para-hydroxylation sites is 1. The van der Waals surface area contributed by atoms with Gasteiger partial charge in [0, 0.05) is 12.1 Å². The van der Waals surface area contributed by atoms with Crippen molar-refractivity contribution < 1.29 is 14.3 Å². The molecule has 0 aliphatic carbocycles. The third-order valence-electron chi connectivity index (χ3n) is 3.18. The number of carbonyl (C=O) groups is 2. The van der Waals surface area contributed by atoms with E-state index in [1.54, 1.807) is 6.92 Å². The van der Waals surface area contributed by atoms with E-state index < -0.39 is 0 Å². The number of hydrogen-bond donors (Lipinski definition) is 1. The van der Waals surface area contributed by atoms with E-state index in [2.05, 4.69) is 5.32 Å². The summed E-state index contributed by atoms with van der Waals surface area (Å²) in [7, 11) is 0. The third-order valence-corrected chi connectivity index (χ3v) is 3.18. The Hall–Kier alpha value is -2.62. The Bertz CT molecular complexity index is 638. The number of nitrogens with one attached hydrogen (secondary N) is 1. The van der Waals surface area contributed by atoms with Crippen molar-refractivity contribution >= 4 is 17.6 Å². The summed E-state index contributed by atoms with van der Waals surface area (Å²) in [6.45, 7) is 1.43. The van der Waals surface area contributed by atoms with Crippen LogP contribution in [0, 0.1) is 0 Å². The van der Waals surface area contributed by atoms with Gasteiger partial charge in [-0.25, -0.2) is 0 Å². The minimum Gasteiger partial charge on any atom is -0.456 e. The summed E-state index contributed by atoms with van der Waals surface area (Å²) < 4.78 is 4.83. The lowest BCUT2D eigenvalue weighted by atomic mass is 10.0. The van der Waals surface area contributed by atoms with Crippen molar-refractivity contribution in [2.24, 2.45) is 0 Å². The summed E-state index contributed by atoms with van der Waals surface area (Å²) in [6.07, 6.45) is 0.990. The van der Waals surface area contributed by atoms with Gasteiger partial charge in [-0.3, -0.25) is 9.59 Å². The molecule has 0 spiro atoms. The van der Waals surface area contributed by atoms with E-state index in [0.717, 1.165) is 17.7 Å². The second-order valence-corrected chi connectivity index (χ2v) is 4.88. The smallest absolute Gasteiger partial charge is 0.306 e. The Balaban J connectivity index is 2.02. The normalized spacial score (nSPS) is 10.0. The van der Waals surface area contributed by atoms with Crippen molar-refractivity contribution in [3.05, 3.63) is 65.7 Å². The largest absolute Gasteiger partial charge is 0.456 e. The summed E-state index contributed by atoms with van der Waals surface area (Å²) in [5.41, 5.74) is 2.93. The highest BCUT2D eigenvalue weighted by molar-refractivity contribution is 5.93. The fraction of sp³-hybridized carbons (Fsp3) is 0.222. The van der Waals surface area contributed by atoms with Gasteiger partial charge in [0.15, 0.2) is 6.61 Å². The van der Waals surface area contributed by atoms with Crippen LogP contribution in [-0.2, 0) is 20.7 Å². The second kappa shape index (κ2) is 7.98. The molecule has 0 saturated carbocycles. The molecular weight excluding hydrogens is 278 g/mol. The summed E-state index contributed by atoms with van der Waals surface area (Å²) in [6, 6.07) is 17.6. The number of ether oxygens (including phenoxy) is 1. The minimum absolute atomic E-state index is 0.258. The van der Waals surface area contributed by atoms with E-state index in [1.165, 1.54) is 5.56 Å². The van der Waals surface area contributed by atoms with Crippen molar-refractivity contribution in [2.45, 2.75) is 19.8 Å². The van der Waals surface area contributed by atoms with Gasteiger partial charge >= 0.3 is 5.97 Å². The molecule has 114 valence electrons. The topological polar surface area (TPSA) is 55.4 Å². The highest BCUT2D eigenvalue weighted by Gasteiger charge is 2.09. The van der Waals surface area contributed by atoms with Crippen LogP contribution in [0.3, 0.4) is 0 Å². The van der Waals surface area contributed by atoms with Gasteiger partial charge in [0.25, 0.3) is 5.91 Å². The molecule has 4 heteroatoms. The number of rotatable bonds is 6. The Labute approximate surface area is 130 Å². The van der Waals surface area contributed by atoms with Crippen LogP contribution in [0.4, 0.5) is 5.69 Å². The molecular formula is C18H19NO3. The van der Waals surface area contributed by atoms with Crippen molar-refractivity contribution in [1.82, 2.24) is 0 Å². The Kier molecular flexibility index (Phi) is 5.72. The first-order valence-electron chi connectivity index (χ1n) is 7.26. The van der Waals surface area contributed by atoms with E-state index in [9.17, 15) is 9.59 Å². The fourth-order valence-electron chi connectivity index (χ4n) is 2.05. The maximum Gasteiger partial charge on any atom is 0.306 e. The van der Waals surface area contributed by atoms with E-state index in [0.29, 0.717) is 0 Å². The summed E-state index contributed by atoms with van der Waals surface area (Å²) in [4.78, 5) is 22.9. The predicted octanol–water partition coefficient (Wildman–Crippen LogP) is 3.17. The van der Waals surface area contributed by atoms with E-state index >= 15 is 0 Å². The van der Waals surface area contributed by atoms with Gasteiger partial charge in [0.1, 0.15) is 0 Å². The van der Waals surface area contributed by atoms with Crippen LogP contribution < -0.4 is 5.32 Å². The summed E-state index contributed by atoms with van der Waals surface area (Å²) in [5, 5.41) is 2.79. The van der Waals surface area contributed by atoms with Crippen LogP contribution in [0.2, 0.25) is 0 Å². The van der Waals surface area contributed by atoms with Crippen molar-refractivity contribution in [3.63, 3.8) is 0 Å². The van der Waals surface area contributed by atoms with Crippen LogP contribution in [0.5, 0.6) is 0 Å². The van der Waals surface area contributed by atoms with Crippen molar-refractivity contribution in [2.75, 3.05) is 11.9 Å². The van der Waals surface area contributed by atoms with Crippen LogP contribution in [0.1, 0.15) is 24.5 Å². The van der Waals surface area contributed by atoms with Gasteiger partial charge < -0.3 is 10.1 Å². The van der Waals surface area contributed by atoms with E-state index in [4.69, 9.17) is 4.74 Å². The van der Waals surface area contributed by atoms with Gasteiger partial charge in [-0.15, -0.1) is 0 Å². The molecule has 22 heavy (non-hydrogen) atoms. The number of carbonyl (C=O) groups excluding carboxylic acids is 2. The Morgan fingerprint density at radius 2 is 1.68 bits per heavy atom. The van der Waals surface area contributed by atoms with Gasteiger partial charge in [0.2, 0.25) is 0 Å². The Morgan fingerprint density at radius 3 is 2.41 bits per heavy atom. The quantitative estimate of drug-likeness (QED) is 0.833. The summed E-state index contributed by atoms with van der Waals surface area (Å²) in [5.74, 6) is -0.713. The molecule has 0 aliphatic heterocycles. The average Bonchev–Trinajstić information content (AvgIpc) is 2.55. The van der Waals surface area contributed by atoms with E-state index in [1.807, 2.05) is 54.6 Å². The molecule has 0 atom stereocenters. The first-order chi connectivity index (χ1) is 10.7. The van der Waals surface area contributed by atoms with E-state index in [-0.39, 0.29) is 24.9 Å². The molecule has 0 aliphatic rings. The molecule has 1 amide bonds. The molecule has 0 radical (unpaired) electrons. The maximum absolute atomic E-state index is 11.8. The molecule has 2 aromatic carbocycles. The number of amides is 1. The number of esters is 1.